The first-order chi connectivity index (χ1) is 8.36. The van der Waals surface area contributed by atoms with E-state index >= 15 is 0 Å². The molecule has 114 valence electrons. The highest BCUT2D eigenvalue weighted by Gasteiger charge is 2.31. The van der Waals surface area contributed by atoms with Crippen LogP contribution in [-0.4, -0.2) is 63.8 Å². The van der Waals surface area contributed by atoms with Crippen LogP contribution < -0.4 is 11.1 Å². The van der Waals surface area contributed by atoms with Crippen LogP contribution in [0.25, 0.3) is 0 Å². The van der Waals surface area contributed by atoms with E-state index in [0.717, 1.165) is 12.8 Å². The maximum Gasteiger partial charge on any atom is 0.239 e. The number of rotatable bonds is 6. The molecule has 0 aromatic heterocycles. The van der Waals surface area contributed by atoms with Crippen LogP contribution in [-0.2, 0) is 19.6 Å². The number of hydrogen-bond donors (Lipinski definition) is 2. The van der Waals surface area contributed by atoms with E-state index in [1.807, 2.05) is 0 Å². The number of hydrogen-bond acceptors (Lipinski definition) is 5. The second kappa shape index (κ2) is 8.01. The summed E-state index contributed by atoms with van der Waals surface area (Å²) in [4.78, 5) is 11.6. The van der Waals surface area contributed by atoms with E-state index in [2.05, 4.69) is 5.32 Å². The number of carbonyl (C=O) groups is 1. The smallest absolute Gasteiger partial charge is 0.239 e. The molecule has 1 rings (SSSR count). The fourth-order valence-electron chi connectivity index (χ4n) is 2.05. The lowest BCUT2D eigenvalue weighted by molar-refractivity contribution is -0.123. The lowest BCUT2D eigenvalue weighted by Crippen LogP contribution is -2.48. The van der Waals surface area contributed by atoms with Crippen molar-refractivity contribution in [2.75, 3.05) is 33.1 Å². The molecule has 19 heavy (non-hydrogen) atoms. The van der Waals surface area contributed by atoms with E-state index in [4.69, 9.17) is 10.5 Å². The maximum absolute atomic E-state index is 11.6. The molecule has 0 spiro atoms. The molecule has 0 aromatic rings. The number of ether oxygens (including phenoxy) is 1. The Labute approximate surface area is 120 Å². The highest BCUT2D eigenvalue weighted by atomic mass is 35.5. The fourth-order valence-corrected chi connectivity index (χ4v) is 3.24. The minimum atomic E-state index is -3.20. The van der Waals surface area contributed by atoms with Crippen molar-refractivity contribution < 1.29 is 17.9 Å². The Hall–Kier alpha value is -0.410. The Kier molecular flexibility index (Phi) is 7.83. The minimum Gasteiger partial charge on any atom is -0.383 e. The van der Waals surface area contributed by atoms with Crippen molar-refractivity contribution in [3.63, 3.8) is 0 Å². The predicted molar refractivity (Wildman–Crippen MR) is 74.7 cm³/mol. The largest absolute Gasteiger partial charge is 0.383 e. The molecule has 0 aliphatic carbocycles. The lowest BCUT2D eigenvalue weighted by Gasteiger charge is -2.23. The number of nitrogens with zero attached hydrogens (tertiary/aromatic N) is 1. The van der Waals surface area contributed by atoms with Crippen molar-refractivity contribution in [1.82, 2.24) is 9.62 Å². The standard InChI is InChI=1S/C10H21N3O4S.ClH/c1-17-7-9(11)10(14)12-6-8-4-3-5-13(8)18(2,15)16;/h8-9H,3-7,11H2,1-2H3,(H,12,14);1H/t8-,9?;/m1./s1. The topological polar surface area (TPSA) is 102 Å². The number of carbonyl (C=O) groups excluding carboxylic acids is 1. The molecule has 1 amide bonds. The molecule has 2 atom stereocenters. The third-order valence-corrected chi connectivity index (χ3v) is 4.28. The molecule has 3 N–H and O–H groups in total. The molecular weight excluding hydrogens is 294 g/mol. The molecule has 0 radical (unpaired) electrons. The van der Waals surface area contributed by atoms with E-state index < -0.39 is 16.1 Å². The van der Waals surface area contributed by atoms with E-state index in [9.17, 15) is 13.2 Å². The van der Waals surface area contributed by atoms with Gasteiger partial charge in [0.25, 0.3) is 0 Å². The van der Waals surface area contributed by atoms with Crippen molar-refractivity contribution in [3.05, 3.63) is 0 Å². The van der Waals surface area contributed by atoms with Gasteiger partial charge in [0, 0.05) is 26.2 Å². The average Bonchev–Trinajstić information content (AvgIpc) is 2.74. The summed E-state index contributed by atoms with van der Waals surface area (Å²) in [5, 5.41) is 2.66. The lowest BCUT2D eigenvalue weighted by atomic mass is 10.2. The van der Waals surface area contributed by atoms with Gasteiger partial charge >= 0.3 is 0 Å². The summed E-state index contributed by atoms with van der Waals surface area (Å²) in [5.41, 5.74) is 5.56. The molecular formula is C10H22ClN3O4S. The Morgan fingerprint density at radius 3 is 2.74 bits per heavy atom. The van der Waals surface area contributed by atoms with Gasteiger partial charge in [-0.3, -0.25) is 4.79 Å². The van der Waals surface area contributed by atoms with Crippen molar-refractivity contribution >= 4 is 28.3 Å². The monoisotopic (exact) mass is 315 g/mol. The molecule has 0 bridgehead atoms. The molecule has 1 aliphatic rings. The highest BCUT2D eigenvalue weighted by Crippen LogP contribution is 2.19. The van der Waals surface area contributed by atoms with Crippen molar-refractivity contribution in [3.8, 4) is 0 Å². The van der Waals surface area contributed by atoms with Gasteiger partial charge < -0.3 is 15.8 Å². The Balaban J connectivity index is 0.00000324. The van der Waals surface area contributed by atoms with Crippen molar-refractivity contribution in [2.45, 2.75) is 24.9 Å². The number of sulfonamides is 1. The Morgan fingerprint density at radius 1 is 1.58 bits per heavy atom. The zero-order chi connectivity index (χ0) is 13.8. The van der Waals surface area contributed by atoms with E-state index in [-0.39, 0.29) is 31.0 Å². The van der Waals surface area contributed by atoms with Crippen LogP contribution in [0.2, 0.25) is 0 Å². The Morgan fingerprint density at radius 2 is 2.21 bits per heavy atom. The molecule has 7 nitrogen and oxygen atoms in total. The molecule has 1 heterocycles. The van der Waals surface area contributed by atoms with Gasteiger partial charge in [0.15, 0.2) is 0 Å². The van der Waals surface area contributed by atoms with Crippen LogP contribution >= 0.6 is 12.4 Å². The first-order valence-corrected chi connectivity index (χ1v) is 7.70. The van der Waals surface area contributed by atoms with Gasteiger partial charge in [-0.05, 0) is 12.8 Å². The fraction of sp³-hybridized carbons (Fsp3) is 0.900. The second-order valence-electron chi connectivity index (χ2n) is 4.48. The van der Waals surface area contributed by atoms with Gasteiger partial charge in [-0.1, -0.05) is 0 Å². The SMILES string of the molecule is COCC(N)C(=O)NC[C@H]1CCCN1S(C)(=O)=O.Cl. The first-order valence-electron chi connectivity index (χ1n) is 5.85. The van der Waals surface area contributed by atoms with Gasteiger partial charge in [-0.2, -0.15) is 4.31 Å². The van der Waals surface area contributed by atoms with Crippen LogP contribution in [0.4, 0.5) is 0 Å². The molecule has 1 fully saturated rings. The summed E-state index contributed by atoms with van der Waals surface area (Å²) in [7, 11) is -1.74. The van der Waals surface area contributed by atoms with Crippen molar-refractivity contribution in [2.24, 2.45) is 5.73 Å². The number of amides is 1. The van der Waals surface area contributed by atoms with Crippen LogP contribution in [0.3, 0.4) is 0 Å². The maximum atomic E-state index is 11.6. The summed E-state index contributed by atoms with van der Waals surface area (Å²) in [6, 6.07) is -0.887. The van der Waals surface area contributed by atoms with Crippen LogP contribution in [0.5, 0.6) is 0 Å². The summed E-state index contributed by atoms with van der Waals surface area (Å²) in [5.74, 6) is -0.322. The molecule has 0 aromatic carbocycles. The first kappa shape index (κ1) is 18.6. The quantitative estimate of drug-likeness (QED) is 0.649. The number of halogens is 1. The second-order valence-corrected chi connectivity index (χ2v) is 6.41. The van der Waals surface area contributed by atoms with Crippen LogP contribution in [0.15, 0.2) is 0 Å². The van der Waals surface area contributed by atoms with E-state index in [0.29, 0.717) is 13.1 Å². The van der Waals surface area contributed by atoms with Gasteiger partial charge in [0.05, 0.1) is 12.9 Å². The highest BCUT2D eigenvalue weighted by molar-refractivity contribution is 7.88. The Bertz CT molecular complexity index is 390. The van der Waals surface area contributed by atoms with E-state index in [1.54, 1.807) is 0 Å². The normalized spacial score (nSPS) is 21.7. The molecule has 1 unspecified atom stereocenters. The molecule has 0 saturated carbocycles. The van der Waals surface area contributed by atoms with Gasteiger partial charge in [-0.25, -0.2) is 8.42 Å². The van der Waals surface area contributed by atoms with E-state index in [1.165, 1.54) is 17.7 Å². The minimum absolute atomic E-state index is 0. The molecule has 1 aliphatic heterocycles. The predicted octanol–water partition coefficient (Wildman–Crippen LogP) is -1.08. The average molecular weight is 316 g/mol. The third-order valence-electron chi connectivity index (χ3n) is 2.94. The number of nitrogens with two attached hydrogens (primary N) is 1. The summed E-state index contributed by atoms with van der Waals surface area (Å²) in [6.45, 7) is 0.957. The zero-order valence-electron chi connectivity index (χ0n) is 11.2. The molecule has 1 saturated heterocycles. The van der Waals surface area contributed by atoms with Gasteiger partial charge in [-0.15, -0.1) is 12.4 Å². The number of methoxy groups -OCH3 is 1. The summed E-state index contributed by atoms with van der Waals surface area (Å²) < 4.78 is 29.2. The van der Waals surface area contributed by atoms with Crippen LogP contribution in [0, 0.1) is 0 Å². The number of nitrogens with one attached hydrogen (secondary N) is 1. The zero-order valence-corrected chi connectivity index (χ0v) is 12.8. The summed E-state index contributed by atoms with van der Waals surface area (Å²) >= 11 is 0. The van der Waals surface area contributed by atoms with Gasteiger partial charge in [0.2, 0.25) is 15.9 Å². The summed E-state index contributed by atoms with van der Waals surface area (Å²) in [6.07, 6.45) is 2.76. The van der Waals surface area contributed by atoms with Crippen LogP contribution in [0.1, 0.15) is 12.8 Å². The third kappa shape index (κ3) is 5.62. The van der Waals surface area contributed by atoms with Crippen molar-refractivity contribution in [1.29, 1.82) is 0 Å². The molecule has 9 heteroatoms. The van der Waals surface area contributed by atoms with Gasteiger partial charge in [0.1, 0.15) is 6.04 Å².